The molecule has 1 aromatic heterocycles. The molecular weight excluding hydrogens is 264 g/mol. The Kier molecular flexibility index (Phi) is 4.07. The van der Waals surface area contributed by atoms with Crippen LogP contribution in [-0.2, 0) is 0 Å². The highest BCUT2D eigenvalue weighted by Crippen LogP contribution is 2.26. The van der Waals surface area contributed by atoms with Gasteiger partial charge in [-0.15, -0.1) is 0 Å². The Balaban J connectivity index is 1.65. The summed E-state index contributed by atoms with van der Waals surface area (Å²) in [5, 5.41) is 0. The first-order valence-corrected chi connectivity index (χ1v) is 8.18. The fourth-order valence-corrected chi connectivity index (χ4v) is 3.83. The zero-order valence-electron chi connectivity index (χ0n) is 13.4. The van der Waals surface area contributed by atoms with Crippen LogP contribution in [0.3, 0.4) is 0 Å². The normalized spacial score (nSPS) is 21.2. The van der Waals surface area contributed by atoms with Crippen molar-refractivity contribution in [2.75, 3.05) is 26.2 Å². The van der Waals surface area contributed by atoms with Crippen molar-refractivity contribution in [3.63, 3.8) is 0 Å². The van der Waals surface area contributed by atoms with Crippen molar-refractivity contribution in [3.05, 3.63) is 22.6 Å². The predicted octanol–water partition coefficient (Wildman–Crippen LogP) is 2.91. The van der Waals surface area contributed by atoms with Crippen LogP contribution < -0.4 is 0 Å². The molecule has 0 aromatic carbocycles. The van der Waals surface area contributed by atoms with Crippen molar-refractivity contribution in [3.8, 4) is 0 Å². The number of amides is 1. The van der Waals surface area contributed by atoms with Crippen LogP contribution >= 0.6 is 0 Å². The molecule has 3 rings (SSSR count). The molecule has 0 N–H and O–H groups in total. The predicted molar refractivity (Wildman–Crippen MR) is 82.7 cm³/mol. The highest BCUT2D eigenvalue weighted by Gasteiger charge is 2.30. The van der Waals surface area contributed by atoms with Gasteiger partial charge in [-0.05, 0) is 33.6 Å². The molecule has 0 spiro atoms. The molecule has 0 unspecified atom stereocenters. The largest absolute Gasteiger partial charge is 0.466 e. The summed E-state index contributed by atoms with van der Waals surface area (Å²) in [5.74, 6) is 1.77. The first-order chi connectivity index (χ1) is 10.1. The number of furan rings is 1. The molecule has 2 aliphatic rings. The number of nitrogens with zero attached hydrogens (tertiary/aromatic N) is 2. The van der Waals surface area contributed by atoms with Crippen molar-refractivity contribution in [2.45, 2.75) is 52.5 Å². The van der Waals surface area contributed by atoms with E-state index in [9.17, 15) is 4.79 Å². The van der Waals surface area contributed by atoms with Gasteiger partial charge in [0.15, 0.2) is 0 Å². The molecule has 0 atom stereocenters. The van der Waals surface area contributed by atoms with E-state index in [0.717, 1.165) is 54.9 Å². The van der Waals surface area contributed by atoms with Crippen LogP contribution in [0, 0.1) is 20.8 Å². The third-order valence-corrected chi connectivity index (χ3v) is 5.22. The lowest BCUT2D eigenvalue weighted by molar-refractivity contribution is 0.0571. The minimum atomic E-state index is 0.146. The Labute approximate surface area is 127 Å². The fraction of sp³-hybridized carbons (Fsp3) is 0.706. The van der Waals surface area contributed by atoms with E-state index in [1.807, 2.05) is 25.7 Å². The van der Waals surface area contributed by atoms with Gasteiger partial charge in [0.25, 0.3) is 5.91 Å². The van der Waals surface area contributed by atoms with Crippen LogP contribution in [0.2, 0.25) is 0 Å². The molecule has 2 fully saturated rings. The monoisotopic (exact) mass is 290 g/mol. The number of hydrogen-bond donors (Lipinski definition) is 0. The second-order valence-electron chi connectivity index (χ2n) is 6.48. The van der Waals surface area contributed by atoms with E-state index in [4.69, 9.17) is 4.42 Å². The zero-order valence-corrected chi connectivity index (χ0v) is 13.4. The number of carbonyl (C=O) groups is 1. The number of rotatable bonds is 2. The molecular formula is C17H26N2O2. The van der Waals surface area contributed by atoms with Gasteiger partial charge < -0.3 is 9.32 Å². The van der Waals surface area contributed by atoms with Crippen LogP contribution in [0.15, 0.2) is 4.42 Å². The van der Waals surface area contributed by atoms with Gasteiger partial charge >= 0.3 is 0 Å². The van der Waals surface area contributed by atoms with Gasteiger partial charge in [-0.3, -0.25) is 9.69 Å². The molecule has 1 aliphatic carbocycles. The molecule has 1 aliphatic heterocycles. The summed E-state index contributed by atoms with van der Waals surface area (Å²) < 4.78 is 5.60. The average molecular weight is 290 g/mol. The van der Waals surface area contributed by atoms with E-state index in [1.165, 1.54) is 25.7 Å². The molecule has 21 heavy (non-hydrogen) atoms. The maximum absolute atomic E-state index is 12.7. The van der Waals surface area contributed by atoms with E-state index in [2.05, 4.69) is 4.90 Å². The Hall–Kier alpha value is -1.29. The fourth-order valence-electron chi connectivity index (χ4n) is 3.83. The molecule has 1 amide bonds. The van der Waals surface area contributed by atoms with E-state index in [-0.39, 0.29) is 5.91 Å². The summed E-state index contributed by atoms with van der Waals surface area (Å²) >= 11 is 0. The minimum absolute atomic E-state index is 0.146. The third kappa shape index (κ3) is 2.73. The van der Waals surface area contributed by atoms with Crippen LogP contribution in [-0.4, -0.2) is 47.9 Å². The summed E-state index contributed by atoms with van der Waals surface area (Å²) in [6, 6.07) is 0.766. The van der Waals surface area contributed by atoms with Gasteiger partial charge in [0.05, 0.1) is 5.56 Å². The standard InChI is InChI=1S/C17H26N2O2/c1-12-13(2)21-14(3)16(12)17(20)19-10-8-18(9-11-19)15-6-4-5-7-15/h15H,4-11H2,1-3H3. The second-order valence-corrected chi connectivity index (χ2v) is 6.48. The Morgan fingerprint density at radius 1 is 1.00 bits per heavy atom. The van der Waals surface area contributed by atoms with Gasteiger partial charge in [0.2, 0.25) is 0 Å². The summed E-state index contributed by atoms with van der Waals surface area (Å²) in [7, 11) is 0. The van der Waals surface area contributed by atoms with E-state index >= 15 is 0 Å². The number of hydrogen-bond acceptors (Lipinski definition) is 3. The lowest BCUT2D eigenvalue weighted by Crippen LogP contribution is -2.51. The summed E-state index contributed by atoms with van der Waals surface area (Å²) in [6.07, 6.45) is 5.42. The Bertz CT molecular complexity index is 521. The second kappa shape index (κ2) is 5.84. The van der Waals surface area contributed by atoms with Crippen LogP contribution in [0.4, 0.5) is 0 Å². The maximum Gasteiger partial charge on any atom is 0.257 e. The maximum atomic E-state index is 12.7. The van der Waals surface area contributed by atoms with Crippen LogP contribution in [0.25, 0.3) is 0 Å². The summed E-state index contributed by atoms with van der Waals surface area (Å²) in [4.78, 5) is 17.3. The molecule has 4 nitrogen and oxygen atoms in total. The molecule has 1 aromatic rings. The number of carbonyl (C=O) groups excluding carboxylic acids is 1. The molecule has 1 saturated heterocycles. The van der Waals surface area contributed by atoms with Crippen molar-refractivity contribution >= 4 is 5.91 Å². The molecule has 4 heteroatoms. The van der Waals surface area contributed by atoms with Crippen LogP contribution in [0.5, 0.6) is 0 Å². The number of aryl methyl sites for hydroxylation is 2. The average Bonchev–Trinajstić information content (AvgIpc) is 3.08. The SMILES string of the molecule is Cc1oc(C)c(C(=O)N2CCN(C3CCCC3)CC2)c1C. The van der Waals surface area contributed by atoms with Gasteiger partial charge in [0, 0.05) is 37.8 Å². The van der Waals surface area contributed by atoms with Crippen molar-refractivity contribution < 1.29 is 9.21 Å². The highest BCUT2D eigenvalue weighted by molar-refractivity contribution is 5.97. The molecule has 1 saturated carbocycles. The van der Waals surface area contributed by atoms with Gasteiger partial charge in [-0.25, -0.2) is 0 Å². The third-order valence-electron chi connectivity index (χ3n) is 5.22. The van der Waals surface area contributed by atoms with Crippen molar-refractivity contribution in [1.29, 1.82) is 0 Å². The summed E-state index contributed by atoms with van der Waals surface area (Å²) in [5.41, 5.74) is 1.78. The highest BCUT2D eigenvalue weighted by atomic mass is 16.3. The first-order valence-electron chi connectivity index (χ1n) is 8.18. The smallest absolute Gasteiger partial charge is 0.257 e. The van der Waals surface area contributed by atoms with E-state index in [0.29, 0.717) is 0 Å². The molecule has 2 heterocycles. The Morgan fingerprint density at radius 3 is 2.14 bits per heavy atom. The molecule has 0 radical (unpaired) electrons. The topological polar surface area (TPSA) is 36.7 Å². The van der Waals surface area contributed by atoms with E-state index < -0.39 is 0 Å². The van der Waals surface area contributed by atoms with Gasteiger partial charge in [-0.1, -0.05) is 12.8 Å². The van der Waals surface area contributed by atoms with E-state index in [1.54, 1.807) is 0 Å². The van der Waals surface area contributed by atoms with Gasteiger partial charge in [0.1, 0.15) is 11.5 Å². The molecule has 116 valence electrons. The summed E-state index contributed by atoms with van der Waals surface area (Å²) in [6.45, 7) is 9.53. The number of piperazine rings is 1. The minimum Gasteiger partial charge on any atom is -0.466 e. The van der Waals surface area contributed by atoms with Gasteiger partial charge in [-0.2, -0.15) is 0 Å². The first kappa shape index (κ1) is 14.6. The quantitative estimate of drug-likeness (QED) is 0.840. The zero-order chi connectivity index (χ0) is 15.0. The lowest BCUT2D eigenvalue weighted by Gasteiger charge is -2.38. The van der Waals surface area contributed by atoms with Crippen molar-refractivity contribution in [2.24, 2.45) is 0 Å². The molecule has 0 bridgehead atoms. The van der Waals surface area contributed by atoms with Crippen LogP contribution in [0.1, 0.15) is 53.1 Å². The van der Waals surface area contributed by atoms with Crippen molar-refractivity contribution in [1.82, 2.24) is 9.80 Å². The Morgan fingerprint density at radius 2 is 1.62 bits per heavy atom. The lowest BCUT2D eigenvalue weighted by atomic mass is 10.1.